The fourth-order valence-electron chi connectivity index (χ4n) is 5.99. The Bertz CT molecular complexity index is 1720. The Morgan fingerprint density at radius 2 is 2.00 bits per heavy atom. The van der Waals surface area contributed by atoms with Crippen LogP contribution in [0.4, 0.5) is 0 Å². The van der Waals surface area contributed by atoms with E-state index in [2.05, 4.69) is 11.4 Å². The minimum Gasteiger partial charge on any atom is -0.494 e. The lowest BCUT2D eigenvalue weighted by molar-refractivity contribution is -0.134. The monoisotopic (exact) mass is 564 g/mol. The molecule has 6 bridgehead atoms. The molecular formula is C33H32N4O5. The van der Waals surface area contributed by atoms with Crippen LogP contribution >= 0.6 is 0 Å². The van der Waals surface area contributed by atoms with E-state index in [0.717, 1.165) is 33.3 Å². The molecule has 214 valence electrons. The predicted molar refractivity (Wildman–Crippen MR) is 157 cm³/mol. The molecule has 3 aliphatic heterocycles. The average molecular weight is 565 g/mol. The van der Waals surface area contributed by atoms with E-state index in [-0.39, 0.29) is 25.0 Å². The van der Waals surface area contributed by atoms with Crippen LogP contribution in [-0.4, -0.2) is 54.7 Å². The van der Waals surface area contributed by atoms with E-state index in [9.17, 15) is 14.9 Å². The lowest BCUT2D eigenvalue weighted by Gasteiger charge is -2.38. The third kappa shape index (κ3) is 5.00. The van der Waals surface area contributed by atoms with Crippen LogP contribution in [0.15, 0.2) is 60.7 Å². The van der Waals surface area contributed by atoms with Crippen molar-refractivity contribution in [3.8, 4) is 23.3 Å². The summed E-state index contributed by atoms with van der Waals surface area (Å²) in [7, 11) is 1.56. The minimum atomic E-state index is -0.401. The molecule has 1 atom stereocenters. The first kappa shape index (κ1) is 27.2. The van der Waals surface area contributed by atoms with E-state index in [1.54, 1.807) is 7.11 Å². The molecule has 0 radical (unpaired) electrons. The van der Waals surface area contributed by atoms with Gasteiger partial charge in [0.1, 0.15) is 18.4 Å². The summed E-state index contributed by atoms with van der Waals surface area (Å²) in [6.45, 7) is 3.25. The third-order valence-electron chi connectivity index (χ3n) is 8.05. The van der Waals surface area contributed by atoms with Crippen LogP contribution in [0.1, 0.15) is 40.4 Å². The van der Waals surface area contributed by atoms with E-state index < -0.39 is 6.04 Å². The van der Waals surface area contributed by atoms with Crippen molar-refractivity contribution in [1.82, 2.24) is 14.8 Å². The second-order valence-corrected chi connectivity index (χ2v) is 10.5. The van der Waals surface area contributed by atoms with Crippen LogP contribution in [0.3, 0.4) is 0 Å². The zero-order valence-corrected chi connectivity index (χ0v) is 23.7. The standard InChI is InChI=1S/C33H32N4O5/c1-21-27(18-34)25-9-3-4-10-28(25)37(21)19-32(39)36-13-11-22-16-30-29(40-2)17-26(22)33(36)23-7-5-8-24(15-23)41-14-6-12-35-31(38)20-42-30/h3-5,7-10,15-17,33H,6,11-14,19-20H2,1-2H3,(H,35,38). The maximum Gasteiger partial charge on any atom is 0.257 e. The Hall–Kier alpha value is -4.97. The molecule has 0 aliphatic carbocycles. The number of rotatable bonds is 3. The van der Waals surface area contributed by atoms with Crippen LogP contribution in [0.2, 0.25) is 0 Å². The quantitative estimate of drug-likeness (QED) is 0.398. The van der Waals surface area contributed by atoms with Gasteiger partial charge in [-0.2, -0.15) is 5.26 Å². The summed E-state index contributed by atoms with van der Waals surface area (Å²) < 4.78 is 19.5. The number of ether oxygens (including phenoxy) is 3. The first-order chi connectivity index (χ1) is 20.5. The van der Waals surface area contributed by atoms with Gasteiger partial charge in [-0.1, -0.05) is 30.3 Å². The van der Waals surface area contributed by atoms with Gasteiger partial charge in [-0.05, 0) is 66.8 Å². The van der Waals surface area contributed by atoms with E-state index in [4.69, 9.17) is 14.2 Å². The highest BCUT2D eigenvalue weighted by atomic mass is 16.5. The van der Waals surface area contributed by atoms with Crippen LogP contribution in [0, 0.1) is 18.3 Å². The molecular weight excluding hydrogens is 532 g/mol. The van der Waals surface area contributed by atoms with Crippen LogP contribution in [0.25, 0.3) is 10.9 Å². The number of hydrogen-bond donors (Lipinski definition) is 1. The van der Waals surface area contributed by atoms with Crippen molar-refractivity contribution in [3.05, 3.63) is 88.6 Å². The number of para-hydroxylation sites is 1. The molecule has 1 unspecified atom stereocenters. The van der Waals surface area contributed by atoms with E-state index in [0.29, 0.717) is 55.4 Å². The zero-order valence-electron chi connectivity index (χ0n) is 23.7. The van der Waals surface area contributed by atoms with Crippen molar-refractivity contribution in [2.24, 2.45) is 0 Å². The Kier molecular flexibility index (Phi) is 7.44. The highest BCUT2D eigenvalue weighted by molar-refractivity contribution is 5.90. The number of nitrogens with zero attached hydrogens (tertiary/aromatic N) is 3. The number of methoxy groups -OCH3 is 1. The number of carbonyl (C=O) groups excluding carboxylic acids is 2. The fraction of sp³-hybridized carbons (Fsp3) is 0.303. The lowest BCUT2D eigenvalue weighted by atomic mass is 9.87. The number of fused-ring (bicyclic) bond motifs is 9. The molecule has 3 aromatic carbocycles. The maximum absolute atomic E-state index is 14.2. The number of amides is 2. The molecule has 4 aromatic rings. The topological polar surface area (TPSA) is 106 Å². The highest BCUT2D eigenvalue weighted by Gasteiger charge is 2.34. The van der Waals surface area contributed by atoms with Gasteiger partial charge in [-0.3, -0.25) is 9.59 Å². The van der Waals surface area contributed by atoms with Crippen molar-refractivity contribution < 1.29 is 23.8 Å². The molecule has 1 aromatic heterocycles. The average Bonchev–Trinajstić information content (AvgIpc) is 3.28. The van der Waals surface area contributed by atoms with Gasteiger partial charge in [-0.25, -0.2) is 0 Å². The molecule has 9 heteroatoms. The first-order valence-corrected chi connectivity index (χ1v) is 14.1. The summed E-state index contributed by atoms with van der Waals surface area (Å²) in [5.74, 6) is 1.41. The van der Waals surface area contributed by atoms with Gasteiger partial charge in [0.2, 0.25) is 5.91 Å². The van der Waals surface area contributed by atoms with Crippen LogP contribution in [-0.2, 0) is 22.6 Å². The maximum atomic E-state index is 14.2. The summed E-state index contributed by atoms with van der Waals surface area (Å²) in [6.07, 6.45) is 1.25. The fourth-order valence-corrected chi connectivity index (χ4v) is 5.99. The molecule has 0 fully saturated rings. The van der Waals surface area contributed by atoms with Gasteiger partial charge in [0.25, 0.3) is 5.91 Å². The van der Waals surface area contributed by atoms with Crippen LogP contribution in [0.5, 0.6) is 17.2 Å². The predicted octanol–water partition coefficient (Wildman–Crippen LogP) is 4.28. The lowest BCUT2D eigenvalue weighted by Crippen LogP contribution is -2.42. The Morgan fingerprint density at radius 1 is 1.14 bits per heavy atom. The summed E-state index contributed by atoms with van der Waals surface area (Å²) in [5, 5.41) is 13.5. The second-order valence-electron chi connectivity index (χ2n) is 10.5. The van der Waals surface area contributed by atoms with Gasteiger partial charge in [-0.15, -0.1) is 0 Å². The Labute approximate surface area is 244 Å². The minimum absolute atomic E-state index is 0.0596. The Morgan fingerprint density at radius 3 is 2.83 bits per heavy atom. The Balaban J connectivity index is 1.44. The molecule has 4 heterocycles. The van der Waals surface area contributed by atoms with Crippen molar-refractivity contribution in [2.45, 2.75) is 32.4 Å². The summed E-state index contributed by atoms with van der Waals surface area (Å²) >= 11 is 0. The first-order valence-electron chi connectivity index (χ1n) is 14.1. The summed E-state index contributed by atoms with van der Waals surface area (Å²) in [4.78, 5) is 28.5. The van der Waals surface area contributed by atoms with Gasteiger partial charge in [0.15, 0.2) is 18.1 Å². The third-order valence-corrected chi connectivity index (χ3v) is 8.05. The van der Waals surface area contributed by atoms with Gasteiger partial charge in [0, 0.05) is 24.2 Å². The van der Waals surface area contributed by atoms with Crippen molar-refractivity contribution >= 4 is 22.7 Å². The molecule has 0 saturated carbocycles. The van der Waals surface area contributed by atoms with E-state index in [1.165, 1.54) is 0 Å². The molecule has 9 nitrogen and oxygen atoms in total. The van der Waals surface area contributed by atoms with Gasteiger partial charge >= 0.3 is 0 Å². The van der Waals surface area contributed by atoms with Crippen molar-refractivity contribution in [1.29, 1.82) is 5.26 Å². The smallest absolute Gasteiger partial charge is 0.257 e. The molecule has 2 amide bonds. The zero-order chi connectivity index (χ0) is 29.2. The second kappa shape index (κ2) is 11.5. The number of nitriles is 1. The molecule has 0 spiro atoms. The molecule has 1 N–H and O–H groups in total. The number of aromatic nitrogens is 1. The van der Waals surface area contributed by atoms with E-state index >= 15 is 0 Å². The van der Waals surface area contributed by atoms with Crippen LogP contribution < -0.4 is 19.5 Å². The van der Waals surface area contributed by atoms with Gasteiger partial charge < -0.3 is 29.0 Å². The molecule has 3 aliphatic rings. The SMILES string of the molecule is COc1cc2c3cc1OCC(=O)NCCCOc1cccc(c1)C2N(C(=O)Cn1c(C)c(C#N)c2ccccc21)CC3. The van der Waals surface area contributed by atoms with Crippen molar-refractivity contribution in [3.63, 3.8) is 0 Å². The number of hydrogen-bond acceptors (Lipinski definition) is 6. The molecule has 0 saturated heterocycles. The summed E-state index contributed by atoms with van der Waals surface area (Å²) in [5.41, 5.74) is 5.09. The highest BCUT2D eigenvalue weighted by Crippen LogP contribution is 2.42. The molecule has 42 heavy (non-hydrogen) atoms. The van der Waals surface area contributed by atoms with Crippen molar-refractivity contribution in [2.75, 3.05) is 33.4 Å². The van der Waals surface area contributed by atoms with E-state index in [1.807, 2.05) is 77.1 Å². The number of nitrogens with one attached hydrogen (secondary N) is 1. The summed E-state index contributed by atoms with van der Waals surface area (Å²) in [6, 6.07) is 21.3. The molecule has 7 rings (SSSR count). The normalized spacial score (nSPS) is 16.7. The van der Waals surface area contributed by atoms with Gasteiger partial charge in [0.05, 0.1) is 30.8 Å². The largest absolute Gasteiger partial charge is 0.494 e. The number of benzene rings is 3. The number of carbonyl (C=O) groups is 2.